The Morgan fingerprint density at radius 3 is 2.54 bits per heavy atom. The van der Waals surface area contributed by atoms with Crippen LogP contribution in [0, 0.1) is 11.3 Å². The van der Waals surface area contributed by atoms with Crippen LogP contribution < -0.4 is 5.32 Å². The van der Waals surface area contributed by atoms with Gasteiger partial charge in [-0.25, -0.2) is 0 Å². The maximum Gasteiger partial charge on any atom is 0.225 e. The Hall–Kier alpha value is -1.10. The van der Waals surface area contributed by atoms with E-state index < -0.39 is 0 Å². The van der Waals surface area contributed by atoms with Crippen molar-refractivity contribution < 1.29 is 14.3 Å². The molecule has 1 N–H and O–H groups in total. The van der Waals surface area contributed by atoms with Gasteiger partial charge in [-0.2, -0.15) is 0 Å². The first-order valence-corrected chi connectivity index (χ1v) is 10.9. The van der Waals surface area contributed by atoms with Crippen LogP contribution in [0.25, 0.3) is 0 Å². The van der Waals surface area contributed by atoms with Gasteiger partial charge in [-0.05, 0) is 39.0 Å². The molecule has 1 spiro atoms. The van der Waals surface area contributed by atoms with Gasteiger partial charge in [0.1, 0.15) is 0 Å². The van der Waals surface area contributed by atoms with Gasteiger partial charge >= 0.3 is 0 Å². The van der Waals surface area contributed by atoms with Gasteiger partial charge in [0.05, 0.1) is 12.0 Å². The Bertz CT molecular complexity index is 537. The van der Waals surface area contributed by atoms with Crippen LogP contribution in [0.4, 0.5) is 0 Å². The molecule has 3 aliphatic carbocycles. The largest absolute Gasteiger partial charge is 0.378 e. The molecule has 5 nitrogen and oxygen atoms in total. The maximum atomic E-state index is 12.9. The van der Waals surface area contributed by atoms with Gasteiger partial charge in [0.15, 0.2) is 0 Å². The third-order valence-corrected chi connectivity index (χ3v) is 7.55. The maximum absolute atomic E-state index is 12.9. The lowest BCUT2D eigenvalue weighted by molar-refractivity contribution is -0.176. The van der Waals surface area contributed by atoms with Crippen molar-refractivity contribution in [1.29, 1.82) is 0 Å². The smallest absolute Gasteiger partial charge is 0.225 e. The average Bonchev–Trinajstić information content (AvgIpc) is 2.78. The fourth-order valence-corrected chi connectivity index (χ4v) is 5.76. The molecule has 4 rings (SSSR count). The number of amides is 2. The van der Waals surface area contributed by atoms with Gasteiger partial charge < -0.3 is 15.0 Å². The number of rotatable bonds is 5. The number of nitrogens with zero attached hydrogens (tertiary/aromatic N) is 1. The standard InChI is InChI=1S/C21H34N2O3/c1-2-26-18-13-17(21(18)10-7-11-21)22-20(25)15-12-19(24)23(14-15)16-8-5-3-4-6-9-16/h15-18H,2-14H2,1H3,(H,22,25). The van der Waals surface area contributed by atoms with Crippen LogP contribution in [0.2, 0.25) is 0 Å². The highest BCUT2D eigenvalue weighted by Crippen LogP contribution is 2.57. The number of hydrogen-bond acceptors (Lipinski definition) is 3. The number of carbonyl (C=O) groups excluding carboxylic acids is 2. The Labute approximate surface area is 157 Å². The van der Waals surface area contributed by atoms with Crippen molar-refractivity contribution in [3.8, 4) is 0 Å². The highest BCUT2D eigenvalue weighted by atomic mass is 16.5. The van der Waals surface area contributed by atoms with Crippen LogP contribution in [-0.4, -0.2) is 48.1 Å². The predicted octanol–water partition coefficient (Wildman–Crippen LogP) is 3.02. The summed E-state index contributed by atoms with van der Waals surface area (Å²) in [5.74, 6) is 0.130. The third kappa shape index (κ3) is 3.17. The summed E-state index contributed by atoms with van der Waals surface area (Å²) in [6.45, 7) is 3.43. The second kappa shape index (κ2) is 7.49. The summed E-state index contributed by atoms with van der Waals surface area (Å²) in [7, 11) is 0. The van der Waals surface area contributed by atoms with E-state index in [1.165, 1.54) is 44.9 Å². The normalized spacial score (nSPS) is 34.3. The molecule has 2 amide bonds. The van der Waals surface area contributed by atoms with Gasteiger partial charge in [-0.1, -0.05) is 32.1 Å². The highest BCUT2D eigenvalue weighted by Gasteiger charge is 2.59. The summed E-state index contributed by atoms with van der Waals surface area (Å²) in [5, 5.41) is 3.30. The minimum atomic E-state index is -0.158. The van der Waals surface area contributed by atoms with E-state index in [-0.39, 0.29) is 29.2 Å². The number of hydrogen-bond donors (Lipinski definition) is 1. The topological polar surface area (TPSA) is 58.6 Å². The molecule has 3 atom stereocenters. The highest BCUT2D eigenvalue weighted by molar-refractivity contribution is 5.89. The van der Waals surface area contributed by atoms with Crippen molar-refractivity contribution in [2.24, 2.45) is 11.3 Å². The first-order valence-electron chi connectivity index (χ1n) is 10.9. The van der Waals surface area contributed by atoms with Gasteiger partial charge in [0.2, 0.25) is 11.8 Å². The molecule has 5 heteroatoms. The molecule has 0 radical (unpaired) electrons. The zero-order valence-electron chi connectivity index (χ0n) is 16.2. The molecule has 0 aromatic heterocycles. The lowest BCUT2D eigenvalue weighted by Gasteiger charge is -2.61. The van der Waals surface area contributed by atoms with E-state index in [9.17, 15) is 9.59 Å². The minimum absolute atomic E-state index is 0.0979. The van der Waals surface area contributed by atoms with E-state index >= 15 is 0 Å². The summed E-state index contributed by atoms with van der Waals surface area (Å²) in [4.78, 5) is 27.4. The Morgan fingerprint density at radius 2 is 1.92 bits per heavy atom. The summed E-state index contributed by atoms with van der Waals surface area (Å²) in [5.41, 5.74) is 0.190. The molecule has 3 unspecified atom stereocenters. The van der Waals surface area contributed by atoms with Crippen LogP contribution >= 0.6 is 0 Å². The van der Waals surface area contributed by atoms with Crippen molar-refractivity contribution in [2.75, 3.05) is 13.2 Å². The van der Waals surface area contributed by atoms with Gasteiger partial charge in [-0.15, -0.1) is 0 Å². The molecule has 4 aliphatic rings. The molecule has 146 valence electrons. The monoisotopic (exact) mass is 362 g/mol. The van der Waals surface area contributed by atoms with Crippen LogP contribution in [0.3, 0.4) is 0 Å². The van der Waals surface area contributed by atoms with Crippen LogP contribution in [0.1, 0.15) is 77.6 Å². The Kier molecular flexibility index (Phi) is 5.27. The molecule has 1 saturated heterocycles. The van der Waals surface area contributed by atoms with Crippen LogP contribution in [-0.2, 0) is 14.3 Å². The number of likely N-dealkylation sites (tertiary alicyclic amines) is 1. The Balaban J connectivity index is 1.32. The zero-order valence-corrected chi connectivity index (χ0v) is 16.2. The second-order valence-electron chi connectivity index (χ2n) is 8.92. The van der Waals surface area contributed by atoms with E-state index in [0.717, 1.165) is 25.9 Å². The summed E-state index contributed by atoms with van der Waals surface area (Å²) in [6, 6.07) is 0.620. The molecule has 26 heavy (non-hydrogen) atoms. The molecule has 4 fully saturated rings. The van der Waals surface area contributed by atoms with Gasteiger partial charge in [0, 0.05) is 37.1 Å². The molecule has 0 aromatic rings. The van der Waals surface area contributed by atoms with E-state index in [1.54, 1.807) is 0 Å². The summed E-state index contributed by atoms with van der Waals surface area (Å²) < 4.78 is 5.88. The molecule has 0 aromatic carbocycles. The van der Waals surface area contributed by atoms with Crippen molar-refractivity contribution in [2.45, 2.75) is 95.7 Å². The van der Waals surface area contributed by atoms with Crippen LogP contribution in [0.5, 0.6) is 0 Å². The Morgan fingerprint density at radius 1 is 1.19 bits per heavy atom. The quantitative estimate of drug-likeness (QED) is 0.765. The molecule has 3 saturated carbocycles. The molecular formula is C21H34N2O3. The van der Waals surface area contributed by atoms with E-state index in [2.05, 4.69) is 5.32 Å². The first kappa shape index (κ1) is 18.3. The fourth-order valence-electron chi connectivity index (χ4n) is 5.76. The van der Waals surface area contributed by atoms with Crippen LogP contribution in [0.15, 0.2) is 0 Å². The SMILES string of the molecule is CCOC1CC(NC(=O)C2CC(=O)N(C3CCCCCC3)C2)C12CCC2. The zero-order chi connectivity index (χ0) is 18.1. The van der Waals surface area contributed by atoms with Crippen molar-refractivity contribution >= 4 is 11.8 Å². The lowest BCUT2D eigenvalue weighted by Crippen LogP contribution is -2.68. The summed E-state index contributed by atoms with van der Waals surface area (Å²) in [6.07, 6.45) is 12.5. The number of ether oxygens (including phenoxy) is 1. The van der Waals surface area contributed by atoms with Crippen molar-refractivity contribution in [3.63, 3.8) is 0 Å². The molecular weight excluding hydrogens is 328 g/mol. The number of nitrogens with one attached hydrogen (secondary N) is 1. The lowest BCUT2D eigenvalue weighted by atomic mass is 9.51. The predicted molar refractivity (Wildman–Crippen MR) is 99.6 cm³/mol. The van der Waals surface area contributed by atoms with E-state index in [1.807, 2.05) is 11.8 Å². The second-order valence-corrected chi connectivity index (χ2v) is 8.92. The van der Waals surface area contributed by atoms with Crippen molar-refractivity contribution in [1.82, 2.24) is 10.2 Å². The third-order valence-electron chi connectivity index (χ3n) is 7.55. The van der Waals surface area contributed by atoms with Gasteiger partial charge in [0.25, 0.3) is 0 Å². The van der Waals surface area contributed by atoms with Gasteiger partial charge in [-0.3, -0.25) is 9.59 Å². The molecule has 1 heterocycles. The molecule has 1 aliphatic heterocycles. The molecule has 0 bridgehead atoms. The summed E-state index contributed by atoms with van der Waals surface area (Å²) >= 11 is 0. The average molecular weight is 363 g/mol. The first-order chi connectivity index (χ1) is 12.6. The minimum Gasteiger partial charge on any atom is -0.378 e. The van der Waals surface area contributed by atoms with Crippen molar-refractivity contribution in [3.05, 3.63) is 0 Å². The fraction of sp³-hybridized carbons (Fsp3) is 0.905. The van der Waals surface area contributed by atoms with E-state index in [0.29, 0.717) is 25.1 Å². The number of carbonyl (C=O) groups is 2. The van der Waals surface area contributed by atoms with E-state index in [4.69, 9.17) is 4.74 Å².